The monoisotopic (exact) mass is 546 g/mol. The first kappa shape index (κ1) is 27.2. The molecule has 5 rings (SSSR count). The molecule has 0 bridgehead atoms. The summed E-state index contributed by atoms with van der Waals surface area (Å²) in [5, 5.41) is 14.2. The maximum Gasteiger partial charge on any atom is 0.324 e. The number of nitrogens with one attached hydrogen (secondary N) is 1. The maximum atomic E-state index is 13.6. The number of piperidine rings is 1. The van der Waals surface area contributed by atoms with Gasteiger partial charge >= 0.3 is 18.0 Å². The third-order valence-corrected chi connectivity index (χ3v) is 8.12. The molecule has 0 aliphatic carbocycles. The van der Waals surface area contributed by atoms with E-state index in [0.717, 1.165) is 22.2 Å². The highest BCUT2D eigenvalue weighted by molar-refractivity contribution is 6.04. The summed E-state index contributed by atoms with van der Waals surface area (Å²) in [6.07, 6.45) is 2.25. The van der Waals surface area contributed by atoms with Gasteiger partial charge in [-0.1, -0.05) is 36.4 Å². The zero-order valence-corrected chi connectivity index (χ0v) is 22.8. The number of benzene rings is 2. The molecular weight excluding hydrogens is 512 g/mol. The number of hydrogen-bond acceptors (Lipinski definition) is 5. The van der Waals surface area contributed by atoms with Gasteiger partial charge < -0.3 is 29.5 Å². The smallest absolute Gasteiger partial charge is 0.324 e. The predicted octanol–water partition coefficient (Wildman–Crippen LogP) is 3.78. The Labute approximate surface area is 232 Å². The number of urea groups is 1. The van der Waals surface area contributed by atoms with Crippen LogP contribution in [0.5, 0.6) is 0 Å². The fourth-order valence-corrected chi connectivity index (χ4v) is 5.92. The molecule has 3 heterocycles. The Balaban J connectivity index is 1.32. The second kappa shape index (κ2) is 11.0. The molecule has 10 nitrogen and oxygen atoms in total. The van der Waals surface area contributed by atoms with E-state index in [1.54, 1.807) is 22.9 Å². The summed E-state index contributed by atoms with van der Waals surface area (Å²) in [7, 11) is 1.86. The van der Waals surface area contributed by atoms with Gasteiger partial charge in [0.05, 0.1) is 13.0 Å². The summed E-state index contributed by atoms with van der Waals surface area (Å²) in [6.45, 7) is 2.84. The standard InChI is InChI=1S/C30H34N4O6/c1-3-40-28(38)30(27(36)37,16-21-18-32(2)25-11-7-5-9-23(21)25)17-26(35)33-14-12-22(13-15-33)34-19-20-8-4-6-10-24(20)31-29(34)39/h4-11,18,22H,3,12-17,19H2,1-2H3,(H,31,39)(H,36,37)/t30-/m0/s1. The van der Waals surface area contributed by atoms with Gasteiger partial charge in [-0.25, -0.2) is 4.79 Å². The van der Waals surface area contributed by atoms with Crippen molar-refractivity contribution in [1.82, 2.24) is 14.4 Å². The van der Waals surface area contributed by atoms with Crippen molar-refractivity contribution in [3.05, 3.63) is 65.9 Å². The molecule has 0 spiro atoms. The summed E-state index contributed by atoms with van der Waals surface area (Å²) in [6, 6.07) is 15.0. The Morgan fingerprint density at radius 1 is 1.07 bits per heavy atom. The zero-order valence-electron chi connectivity index (χ0n) is 22.8. The molecular formula is C30H34N4O6. The van der Waals surface area contributed by atoms with Crippen LogP contribution in [0.2, 0.25) is 0 Å². The van der Waals surface area contributed by atoms with E-state index in [1.165, 1.54) is 0 Å². The Hall–Kier alpha value is -4.34. The molecule has 2 aliphatic heterocycles. The molecule has 3 aromatic rings. The van der Waals surface area contributed by atoms with Crippen LogP contribution < -0.4 is 5.32 Å². The number of ether oxygens (including phenoxy) is 1. The van der Waals surface area contributed by atoms with E-state index in [1.807, 2.05) is 60.1 Å². The Kier molecular flexibility index (Phi) is 7.51. The Morgan fingerprint density at radius 3 is 2.50 bits per heavy atom. The number of anilines is 1. The van der Waals surface area contributed by atoms with Crippen molar-refractivity contribution in [2.75, 3.05) is 25.0 Å². The van der Waals surface area contributed by atoms with Crippen molar-refractivity contribution < 1.29 is 29.0 Å². The quantitative estimate of drug-likeness (QED) is 0.328. The molecule has 10 heteroatoms. The van der Waals surface area contributed by atoms with E-state index < -0.39 is 29.7 Å². The summed E-state index contributed by atoms with van der Waals surface area (Å²) >= 11 is 0. The lowest BCUT2D eigenvalue weighted by Gasteiger charge is -2.41. The second-order valence-electron chi connectivity index (χ2n) is 10.6. The van der Waals surface area contributed by atoms with Crippen LogP contribution >= 0.6 is 0 Å². The maximum absolute atomic E-state index is 13.6. The van der Waals surface area contributed by atoms with Crippen LogP contribution in [0, 0.1) is 5.41 Å². The lowest BCUT2D eigenvalue weighted by Crippen LogP contribution is -2.52. The summed E-state index contributed by atoms with van der Waals surface area (Å²) in [4.78, 5) is 55.7. The number of likely N-dealkylation sites (tertiary alicyclic amines) is 1. The molecule has 2 N–H and O–H groups in total. The number of fused-ring (bicyclic) bond motifs is 2. The number of aryl methyl sites for hydroxylation is 1. The van der Waals surface area contributed by atoms with E-state index in [9.17, 15) is 24.3 Å². The minimum Gasteiger partial charge on any atom is -0.480 e. The molecule has 3 amide bonds. The minimum absolute atomic E-state index is 0.00398. The number of amides is 3. The molecule has 1 aromatic heterocycles. The molecule has 2 aromatic carbocycles. The SMILES string of the molecule is CCOC(=O)[C@](CC(=O)N1CCC(N2Cc3ccccc3NC2=O)CC1)(Cc1cn(C)c2ccccc12)C(=O)O. The number of carboxylic acids is 1. The molecule has 1 fully saturated rings. The van der Waals surface area contributed by atoms with Gasteiger partial charge in [0.15, 0.2) is 5.41 Å². The number of rotatable bonds is 8. The fourth-order valence-electron chi connectivity index (χ4n) is 5.92. The highest BCUT2D eigenvalue weighted by atomic mass is 16.5. The normalized spacial score (nSPS) is 17.2. The average Bonchev–Trinajstić information content (AvgIpc) is 3.27. The van der Waals surface area contributed by atoms with Crippen molar-refractivity contribution in [3.63, 3.8) is 0 Å². The number of carboxylic acid groups (broad SMARTS) is 1. The third kappa shape index (κ3) is 5.01. The van der Waals surface area contributed by atoms with E-state index in [2.05, 4.69) is 5.32 Å². The lowest BCUT2D eigenvalue weighted by molar-refractivity contribution is -0.172. The van der Waals surface area contributed by atoms with Gasteiger partial charge in [-0.3, -0.25) is 14.4 Å². The predicted molar refractivity (Wildman–Crippen MR) is 149 cm³/mol. The van der Waals surface area contributed by atoms with Crippen LogP contribution in [0.25, 0.3) is 10.9 Å². The van der Waals surface area contributed by atoms with Gasteiger partial charge in [-0.15, -0.1) is 0 Å². The fraction of sp³-hybridized carbons (Fsp3) is 0.400. The first-order valence-corrected chi connectivity index (χ1v) is 13.6. The van der Waals surface area contributed by atoms with Crippen LogP contribution in [0.1, 0.15) is 37.3 Å². The van der Waals surface area contributed by atoms with Gasteiger partial charge in [0.2, 0.25) is 5.91 Å². The first-order chi connectivity index (χ1) is 19.2. The summed E-state index contributed by atoms with van der Waals surface area (Å²) in [5.74, 6) is -2.71. The number of esters is 1. The first-order valence-electron chi connectivity index (χ1n) is 13.6. The Bertz CT molecular complexity index is 1460. The van der Waals surface area contributed by atoms with Crippen molar-refractivity contribution >= 4 is 40.5 Å². The number of nitrogens with zero attached hydrogens (tertiary/aromatic N) is 3. The second-order valence-corrected chi connectivity index (χ2v) is 10.6. The Morgan fingerprint density at radius 2 is 1.77 bits per heavy atom. The molecule has 210 valence electrons. The largest absolute Gasteiger partial charge is 0.480 e. The van der Waals surface area contributed by atoms with Gasteiger partial charge in [-0.05, 0) is 43.0 Å². The number of carbonyl (C=O) groups excluding carboxylic acids is 3. The van der Waals surface area contributed by atoms with Gasteiger partial charge in [-0.2, -0.15) is 0 Å². The van der Waals surface area contributed by atoms with Crippen LogP contribution in [0.15, 0.2) is 54.7 Å². The van der Waals surface area contributed by atoms with Crippen LogP contribution in [0.3, 0.4) is 0 Å². The van der Waals surface area contributed by atoms with Crippen LogP contribution in [-0.4, -0.2) is 69.1 Å². The number of aromatic nitrogens is 1. The van der Waals surface area contributed by atoms with Gasteiger partial charge in [0.25, 0.3) is 0 Å². The zero-order chi connectivity index (χ0) is 28.4. The van der Waals surface area contributed by atoms with Crippen molar-refractivity contribution in [2.24, 2.45) is 12.5 Å². The van der Waals surface area contributed by atoms with Crippen LogP contribution in [-0.2, 0) is 39.1 Å². The van der Waals surface area contributed by atoms with E-state index in [4.69, 9.17) is 4.74 Å². The van der Waals surface area contributed by atoms with E-state index in [-0.39, 0.29) is 25.1 Å². The van der Waals surface area contributed by atoms with E-state index >= 15 is 0 Å². The van der Waals surface area contributed by atoms with Gasteiger partial charge in [0, 0.05) is 61.9 Å². The number of aliphatic carboxylic acids is 1. The molecule has 0 radical (unpaired) electrons. The number of para-hydroxylation sites is 2. The van der Waals surface area contributed by atoms with Crippen molar-refractivity contribution in [1.29, 1.82) is 0 Å². The summed E-state index contributed by atoms with van der Waals surface area (Å²) < 4.78 is 7.12. The number of carbonyl (C=O) groups is 4. The highest BCUT2D eigenvalue weighted by Gasteiger charge is 2.51. The molecule has 2 aliphatic rings. The molecule has 1 atom stereocenters. The average molecular weight is 547 g/mol. The van der Waals surface area contributed by atoms with Crippen molar-refractivity contribution in [3.8, 4) is 0 Å². The highest BCUT2D eigenvalue weighted by Crippen LogP contribution is 2.35. The lowest BCUT2D eigenvalue weighted by atomic mass is 9.77. The molecule has 40 heavy (non-hydrogen) atoms. The van der Waals surface area contributed by atoms with Crippen LogP contribution in [0.4, 0.5) is 10.5 Å². The van der Waals surface area contributed by atoms with E-state index in [0.29, 0.717) is 38.0 Å². The van der Waals surface area contributed by atoms with Gasteiger partial charge in [0.1, 0.15) is 0 Å². The molecule has 1 saturated heterocycles. The number of hydrogen-bond donors (Lipinski definition) is 2. The minimum atomic E-state index is -2.06. The third-order valence-electron chi connectivity index (χ3n) is 8.12. The molecule has 0 saturated carbocycles. The molecule has 0 unspecified atom stereocenters. The summed E-state index contributed by atoms with van der Waals surface area (Å²) in [5.41, 5.74) is 1.35. The topological polar surface area (TPSA) is 121 Å². The van der Waals surface area contributed by atoms with Crippen molar-refractivity contribution in [2.45, 2.75) is 45.2 Å².